The summed E-state index contributed by atoms with van der Waals surface area (Å²) in [6.07, 6.45) is 0. The number of likely N-dealkylation sites (tertiary alicyclic amines) is 1. The molecule has 2 heterocycles. The second-order valence-corrected chi connectivity index (χ2v) is 7.43. The number of hydrogen-bond donors (Lipinski definition) is 1. The number of nitrogens with one attached hydrogen (secondary N) is 1. The molecule has 0 radical (unpaired) electrons. The van der Waals surface area contributed by atoms with Crippen molar-refractivity contribution in [3.8, 4) is 11.3 Å². The largest absolute Gasteiger partial charge is 0.335 e. The summed E-state index contributed by atoms with van der Waals surface area (Å²) in [6.45, 7) is 1.21. The van der Waals surface area contributed by atoms with Crippen LogP contribution in [0.2, 0.25) is 0 Å². The van der Waals surface area contributed by atoms with Crippen LogP contribution < -0.4 is 0 Å². The van der Waals surface area contributed by atoms with E-state index in [0.29, 0.717) is 18.8 Å². The highest BCUT2D eigenvalue weighted by Crippen LogP contribution is 2.31. The molecule has 1 aromatic heterocycles. The molecule has 1 fully saturated rings. The first-order valence-corrected chi connectivity index (χ1v) is 9.35. The second kappa shape index (κ2) is 7.56. The van der Waals surface area contributed by atoms with Gasteiger partial charge in [-0.3, -0.25) is 9.89 Å². The highest BCUT2D eigenvalue weighted by atomic mass is 19.1. The first-order valence-electron chi connectivity index (χ1n) is 9.35. The Kier molecular flexibility index (Phi) is 4.96. The molecule has 1 aliphatic rings. The molecule has 2 atom stereocenters. The summed E-state index contributed by atoms with van der Waals surface area (Å²) < 4.78 is 13.3. The van der Waals surface area contributed by atoms with Crippen molar-refractivity contribution in [2.75, 3.05) is 27.2 Å². The van der Waals surface area contributed by atoms with Gasteiger partial charge in [0, 0.05) is 30.6 Å². The van der Waals surface area contributed by atoms with Crippen molar-refractivity contribution in [3.05, 3.63) is 77.7 Å². The van der Waals surface area contributed by atoms with Crippen molar-refractivity contribution in [2.24, 2.45) is 0 Å². The number of benzene rings is 2. The molecule has 0 spiro atoms. The molecule has 2 unspecified atom stereocenters. The summed E-state index contributed by atoms with van der Waals surface area (Å²) in [7, 11) is 4.03. The third-order valence-electron chi connectivity index (χ3n) is 5.42. The molecule has 1 amide bonds. The molecule has 1 saturated heterocycles. The van der Waals surface area contributed by atoms with Crippen molar-refractivity contribution in [1.82, 2.24) is 20.0 Å². The molecule has 2 aromatic carbocycles. The first kappa shape index (κ1) is 18.4. The maximum atomic E-state index is 13.3. The van der Waals surface area contributed by atoms with Gasteiger partial charge in [0.2, 0.25) is 0 Å². The van der Waals surface area contributed by atoms with Crippen LogP contribution >= 0.6 is 0 Å². The van der Waals surface area contributed by atoms with Crippen LogP contribution in [0.5, 0.6) is 0 Å². The number of aromatic amines is 1. The average Bonchev–Trinajstić information content (AvgIpc) is 3.37. The Labute approximate surface area is 163 Å². The second-order valence-electron chi connectivity index (χ2n) is 7.43. The van der Waals surface area contributed by atoms with Crippen LogP contribution in [0.1, 0.15) is 22.0 Å². The fraction of sp³-hybridized carbons (Fsp3) is 0.273. The van der Waals surface area contributed by atoms with Crippen LogP contribution in [-0.4, -0.2) is 59.1 Å². The van der Waals surface area contributed by atoms with E-state index in [4.69, 9.17) is 0 Å². The van der Waals surface area contributed by atoms with Crippen LogP contribution in [0.25, 0.3) is 11.3 Å². The SMILES string of the molecule is CN(C)C1CN(C(=O)c2cc(-c3ccccc3)n[nH]2)CC1c1ccc(F)cc1. The normalized spacial score (nSPS) is 19.4. The summed E-state index contributed by atoms with van der Waals surface area (Å²) >= 11 is 0. The van der Waals surface area contributed by atoms with Gasteiger partial charge in [0.1, 0.15) is 11.5 Å². The lowest BCUT2D eigenvalue weighted by Gasteiger charge is -2.25. The summed E-state index contributed by atoms with van der Waals surface area (Å²) in [4.78, 5) is 17.0. The molecule has 5 nitrogen and oxygen atoms in total. The van der Waals surface area contributed by atoms with E-state index in [9.17, 15) is 9.18 Å². The Bertz CT molecular complexity index is 952. The van der Waals surface area contributed by atoms with Crippen molar-refractivity contribution < 1.29 is 9.18 Å². The van der Waals surface area contributed by atoms with Gasteiger partial charge < -0.3 is 9.80 Å². The Morgan fingerprint density at radius 2 is 1.82 bits per heavy atom. The van der Waals surface area contributed by atoms with E-state index in [1.807, 2.05) is 61.5 Å². The number of rotatable bonds is 4. The minimum atomic E-state index is -0.248. The van der Waals surface area contributed by atoms with E-state index >= 15 is 0 Å². The van der Waals surface area contributed by atoms with Gasteiger partial charge in [-0.1, -0.05) is 42.5 Å². The molecule has 0 saturated carbocycles. The van der Waals surface area contributed by atoms with Crippen LogP contribution in [0.3, 0.4) is 0 Å². The van der Waals surface area contributed by atoms with Gasteiger partial charge in [-0.25, -0.2) is 4.39 Å². The molecule has 0 aliphatic carbocycles. The number of amides is 1. The number of hydrogen-bond acceptors (Lipinski definition) is 3. The van der Waals surface area contributed by atoms with E-state index in [2.05, 4.69) is 15.1 Å². The summed E-state index contributed by atoms with van der Waals surface area (Å²) in [5.41, 5.74) is 3.25. The Morgan fingerprint density at radius 1 is 1.11 bits per heavy atom. The molecule has 1 aliphatic heterocycles. The van der Waals surface area contributed by atoms with E-state index in [-0.39, 0.29) is 23.7 Å². The smallest absolute Gasteiger partial charge is 0.271 e. The standard InChI is InChI=1S/C22H23FN4O/c1-26(2)21-14-27(13-18(21)15-8-10-17(23)11-9-15)22(28)20-12-19(24-25-20)16-6-4-3-5-7-16/h3-12,18,21H,13-14H2,1-2H3,(H,24,25). The Balaban J connectivity index is 1.55. The number of nitrogens with zero attached hydrogens (tertiary/aromatic N) is 3. The summed E-state index contributed by atoms with van der Waals surface area (Å²) in [5.74, 6) is -0.177. The third-order valence-corrected chi connectivity index (χ3v) is 5.42. The van der Waals surface area contributed by atoms with Crippen molar-refractivity contribution >= 4 is 5.91 Å². The number of halogens is 1. The van der Waals surface area contributed by atoms with E-state index in [0.717, 1.165) is 16.8 Å². The molecule has 144 valence electrons. The van der Waals surface area contributed by atoms with Gasteiger partial charge in [0.25, 0.3) is 5.91 Å². The van der Waals surface area contributed by atoms with Crippen molar-refractivity contribution in [3.63, 3.8) is 0 Å². The Hall–Kier alpha value is -2.99. The molecule has 3 aromatic rings. The van der Waals surface area contributed by atoms with Crippen molar-refractivity contribution in [1.29, 1.82) is 0 Å². The molecule has 28 heavy (non-hydrogen) atoms. The molecule has 6 heteroatoms. The zero-order valence-electron chi connectivity index (χ0n) is 16.0. The lowest BCUT2D eigenvalue weighted by atomic mass is 9.94. The lowest BCUT2D eigenvalue weighted by Crippen LogP contribution is -2.36. The molecule has 1 N–H and O–H groups in total. The maximum Gasteiger partial charge on any atom is 0.271 e. The van der Waals surface area contributed by atoms with Crippen molar-refractivity contribution in [2.45, 2.75) is 12.0 Å². The fourth-order valence-electron chi connectivity index (χ4n) is 3.87. The van der Waals surface area contributed by atoms with Gasteiger partial charge in [-0.2, -0.15) is 5.10 Å². The van der Waals surface area contributed by atoms with Gasteiger partial charge >= 0.3 is 0 Å². The van der Waals surface area contributed by atoms with Crippen LogP contribution in [0, 0.1) is 5.82 Å². The number of H-pyrrole nitrogens is 1. The molecular weight excluding hydrogens is 355 g/mol. The zero-order valence-corrected chi connectivity index (χ0v) is 16.0. The summed E-state index contributed by atoms with van der Waals surface area (Å²) in [5, 5.41) is 7.18. The predicted octanol–water partition coefficient (Wildman–Crippen LogP) is 3.39. The quantitative estimate of drug-likeness (QED) is 0.757. The predicted molar refractivity (Wildman–Crippen MR) is 107 cm³/mol. The number of likely N-dealkylation sites (N-methyl/N-ethyl adjacent to an activating group) is 1. The number of carbonyl (C=O) groups is 1. The zero-order chi connectivity index (χ0) is 19.7. The number of aromatic nitrogens is 2. The van der Waals surface area contributed by atoms with Crippen LogP contribution in [0.15, 0.2) is 60.7 Å². The van der Waals surface area contributed by atoms with Gasteiger partial charge in [-0.05, 0) is 37.9 Å². The van der Waals surface area contributed by atoms with Gasteiger partial charge in [0.15, 0.2) is 0 Å². The average molecular weight is 378 g/mol. The highest BCUT2D eigenvalue weighted by molar-refractivity contribution is 5.93. The van der Waals surface area contributed by atoms with Gasteiger partial charge in [-0.15, -0.1) is 0 Å². The lowest BCUT2D eigenvalue weighted by molar-refractivity contribution is 0.0776. The molecule has 0 bridgehead atoms. The number of carbonyl (C=O) groups excluding carboxylic acids is 1. The minimum Gasteiger partial charge on any atom is -0.335 e. The van der Waals surface area contributed by atoms with Crippen LogP contribution in [0.4, 0.5) is 4.39 Å². The summed E-state index contributed by atoms with van der Waals surface area (Å²) in [6, 6.07) is 18.3. The third kappa shape index (κ3) is 3.55. The van der Waals surface area contributed by atoms with E-state index in [1.165, 1.54) is 12.1 Å². The fourth-order valence-corrected chi connectivity index (χ4v) is 3.87. The highest BCUT2D eigenvalue weighted by Gasteiger charge is 2.38. The van der Waals surface area contributed by atoms with E-state index in [1.54, 1.807) is 6.07 Å². The van der Waals surface area contributed by atoms with E-state index < -0.39 is 0 Å². The topological polar surface area (TPSA) is 52.2 Å². The monoisotopic (exact) mass is 378 g/mol. The molecule has 4 rings (SSSR count). The first-order chi connectivity index (χ1) is 13.5. The van der Waals surface area contributed by atoms with Gasteiger partial charge in [0.05, 0.1) is 5.69 Å². The minimum absolute atomic E-state index is 0.0638. The Morgan fingerprint density at radius 3 is 2.50 bits per heavy atom. The maximum absolute atomic E-state index is 13.3. The molecular formula is C22H23FN4O. The van der Waals surface area contributed by atoms with Crippen LogP contribution in [-0.2, 0) is 0 Å².